The van der Waals surface area contributed by atoms with Crippen LogP contribution in [0.1, 0.15) is 39.9 Å². The fourth-order valence-electron chi connectivity index (χ4n) is 5.26. The first-order valence-electron chi connectivity index (χ1n) is 12.2. The number of ether oxygens (including phenoxy) is 1. The van der Waals surface area contributed by atoms with Crippen LogP contribution in [-0.2, 0) is 13.0 Å². The smallest absolute Gasteiger partial charge is 0.196 e. The zero-order valence-corrected chi connectivity index (χ0v) is 20.8. The number of benzene rings is 4. The Kier molecular flexibility index (Phi) is 5.40. The molecular formula is C32H26O2Si. The number of carbonyl (C=O) groups excluding carboxylic acids is 1. The lowest BCUT2D eigenvalue weighted by Gasteiger charge is -2.25. The Morgan fingerprint density at radius 2 is 1.46 bits per heavy atom. The van der Waals surface area contributed by atoms with Crippen LogP contribution in [0.15, 0.2) is 91.0 Å². The molecule has 4 aromatic carbocycles. The van der Waals surface area contributed by atoms with Gasteiger partial charge in [0.1, 0.15) is 12.4 Å². The van der Waals surface area contributed by atoms with Crippen LogP contribution in [-0.4, -0.2) is 13.9 Å². The van der Waals surface area contributed by atoms with Gasteiger partial charge in [-0.2, -0.15) is 0 Å². The molecule has 0 atom stereocenters. The average molecular weight is 471 g/mol. The molecule has 6 rings (SSSR count). The number of ketones is 1. The van der Waals surface area contributed by atoms with Crippen molar-refractivity contribution in [2.75, 3.05) is 0 Å². The van der Waals surface area contributed by atoms with Crippen LogP contribution in [0, 0.1) is 11.5 Å². The van der Waals surface area contributed by atoms with Crippen LogP contribution in [0.25, 0.3) is 11.1 Å². The van der Waals surface area contributed by atoms with Gasteiger partial charge in [0.05, 0.1) is 0 Å². The summed E-state index contributed by atoms with van der Waals surface area (Å²) in [5.41, 5.74) is 10.1. The molecule has 2 nitrogen and oxygen atoms in total. The van der Waals surface area contributed by atoms with Crippen LogP contribution < -0.4 is 15.1 Å². The third-order valence-corrected chi connectivity index (χ3v) is 10.9. The first-order valence-corrected chi connectivity index (χ1v) is 14.7. The lowest BCUT2D eigenvalue weighted by molar-refractivity contribution is 0.0972. The van der Waals surface area contributed by atoms with E-state index in [1.807, 2.05) is 6.07 Å². The van der Waals surface area contributed by atoms with E-state index in [1.165, 1.54) is 15.9 Å². The number of hydrogen-bond acceptors (Lipinski definition) is 2. The summed E-state index contributed by atoms with van der Waals surface area (Å²) in [5.74, 6) is 4.58. The summed E-state index contributed by atoms with van der Waals surface area (Å²) in [5, 5.41) is 2.63. The highest BCUT2D eigenvalue weighted by molar-refractivity contribution is 7.07. The van der Waals surface area contributed by atoms with Crippen molar-refractivity contribution in [3.63, 3.8) is 0 Å². The summed E-state index contributed by atoms with van der Waals surface area (Å²) in [7, 11) is -2.22. The monoisotopic (exact) mass is 470 g/mol. The van der Waals surface area contributed by atoms with Gasteiger partial charge in [-0.3, -0.25) is 4.79 Å². The van der Waals surface area contributed by atoms with Crippen LogP contribution in [0.2, 0.25) is 6.55 Å². The van der Waals surface area contributed by atoms with E-state index in [9.17, 15) is 4.79 Å². The normalized spacial score (nSPS) is 14.0. The fourth-order valence-corrected chi connectivity index (χ4v) is 7.99. The first kappa shape index (κ1) is 21.6. The minimum absolute atomic E-state index is 0.234. The van der Waals surface area contributed by atoms with Gasteiger partial charge in [-0.15, -0.1) is 5.54 Å². The quantitative estimate of drug-likeness (QED) is 0.284. The van der Waals surface area contributed by atoms with E-state index in [2.05, 4.69) is 103 Å². The molecule has 35 heavy (non-hydrogen) atoms. The van der Waals surface area contributed by atoms with E-state index in [-0.39, 0.29) is 5.78 Å². The number of fused-ring (bicyclic) bond motifs is 4. The Bertz CT molecular complexity index is 1450. The molecule has 0 spiro atoms. The minimum Gasteiger partial charge on any atom is -0.488 e. The van der Waals surface area contributed by atoms with Gasteiger partial charge >= 0.3 is 0 Å². The van der Waals surface area contributed by atoms with Crippen molar-refractivity contribution >= 4 is 24.2 Å². The number of hydrogen-bond donors (Lipinski definition) is 0. The Morgan fingerprint density at radius 1 is 0.743 bits per heavy atom. The second-order valence-corrected chi connectivity index (χ2v) is 13.2. The highest BCUT2D eigenvalue weighted by atomic mass is 28.3. The molecule has 0 saturated carbocycles. The molecule has 0 saturated heterocycles. The lowest BCUT2D eigenvalue weighted by atomic mass is 9.86. The summed E-state index contributed by atoms with van der Waals surface area (Å²) < 4.78 is 6.11. The van der Waals surface area contributed by atoms with Crippen LogP contribution in [0.4, 0.5) is 0 Å². The van der Waals surface area contributed by atoms with Gasteiger partial charge in [-0.1, -0.05) is 79.2 Å². The molecule has 0 unspecified atom stereocenters. The van der Waals surface area contributed by atoms with Crippen molar-refractivity contribution in [3.05, 3.63) is 113 Å². The number of carbonyl (C=O) groups is 1. The zero-order valence-electron chi connectivity index (χ0n) is 19.8. The molecule has 0 aromatic heterocycles. The Balaban J connectivity index is 1.39. The summed E-state index contributed by atoms with van der Waals surface area (Å²) in [6, 6.07) is 31.9. The van der Waals surface area contributed by atoms with Crippen molar-refractivity contribution in [3.8, 4) is 28.3 Å². The highest BCUT2D eigenvalue weighted by Crippen LogP contribution is 2.41. The van der Waals surface area contributed by atoms with E-state index in [0.717, 1.165) is 46.4 Å². The second-order valence-electron chi connectivity index (χ2n) is 9.55. The molecule has 170 valence electrons. The van der Waals surface area contributed by atoms with E-state index >= 15 is 0 Å². The van der Waals surface area contributed by atoms with E-state index in [0.29, 0.717) is 13.0 Å². The van der Waals surface area contributed by atoms with Gasteiger partial charge in [0, 0.05) is 23.1 Å². The highest BCUT2D eigenvalue weighted by Gasteiger charge is 2.30. The van der Waals surface area contributed by atoms with Crippen molar-refractivity contribution in [1.82, 2.24) is 0 Å². The standard InChI is InChI=1S/C32H26O2Si/c1-35(26-10-4-2-5-11-26,27-12-6-3-7-13-27)18-17-23-15-16-28-25(19-23)22-34-32-21-29-24(20-30(28)32)9-8-14-31(29)33/h2-7,10-13,15-16,19-21H,8-9,14,22H2,1H3. The molecule has 4 aromatic rings. The van der Waals surface area contributed by atoms with Crippen molar-refractivity contribution in [2.45, 2.75) is 32.4 Å². The number of Topliss-reactive ketones (excluding diaryl/α,β-unsaturated/α-hetero) is 1. The summed E-state index contributed by atoms with van der Waals surface area (Å²) in [4.78, 5) is 12.4. The molecule has 0 radical (unpaired) electrons. The predicted octanol–water partition coefficient (Wildman–Crippen LogP) is 5.55. The third-order valence-electron chi connectivity index (χ3n) is 7.29. The van der Waals surface area contributed by atoms with Crippen molar-refractivity contribution in [2.24, 2.45) is 0 Å². The van der Waals surface area contributed by atoms with Crippen LogP contribution in [0.5, 0.6) is 5.75 Å². The fraction of sp³-hybridized carbons (Fsp3) is 0.156. The van der Waals surface area contributed by atoms with Gasteiger partial charge in [0.15, 0.2) is 13.9 Å². The summed E-state index contributed by atoms with van der Waals surface area (Å²) in [6.07, 6.45) is 2.52. The van der Waals surface area contributed by atoms with E-state index in [4.69, 9.17) is 4.74 Å². The molecule has 0 N–H and O–H groups in total. The zero-order chi connectivity index (χ0) is 23.8. The van der Waals surface area contributed by atoms with Gasteiger partial charge < -0.3 is 4.74 Å². The van der Waals surface area contributed by atoms with Crippen molar-refractivity contribution < 1.29 is 9.53 Å². The molecule has 3 heteroatoms. The molecular weight excluding hydrogens is 444 g/mol. The summed E-state index contributed by atoms with van der Waals surface area (Å²) in [6.45, 7) is 2.82. The predicted molar refractivity (Wildman–Crippen MR) is 144 cm³/mol. The van der Waals surface area contributed by atoms with Crippen molar-refractivity contribution in [1.29, 1.82) is 0 Å². The van der Waals surface area contributed by atoms with Gasteiger partial charge in [-0.05, 0) is 64.2 Å². The third kappa shape index (κ3) is 3.90. The molecule has 0 bridgehead atoms. The molecule has 0 amide bonds. The Labute approximate surface area is 207 Å². The Hall–Kier alpha value is -3.87. The first-order chi connectivity index (χ1) is 17.1. The van der Waals surface area contributed by atoms with Gasteiger partial charge in [-0.25, -0.2) is 0 Å². The molecule has 0 fully saturated rings. The second kappa shape index (κ2) is 8.72. The largest absolute Gasteiger partial charge is 0.488 e. The minimum atomic E-state index is -2.22. The molecule has 1 heterocycles. The molecule has 2 aliphatic rings. The Morgan fingerprint density at radius 3 is 2.17 bits per heavy atom. The van der Waals surface area contributed by atoms with Crippen LogP contribution in [0.3, 0.4) is 0 Å². The van der Waals surface area contributed by atoms with Gasteiger partial charge in [0.25, 0.3) is 0 Å². The van der Waals surface area contributed by atoms with E-state index < -0.39 is 8.07 Å². The lowest BCUT2D eigenvalue weighted by Crippen LogP contribution is -2.54. The maximum atomic E-state index is 12.4. The number of aryl methyl sites for hydroxylation is 1. The summed E-state index contributed by atoms with van der Waals surface area (Å²) >= 11 is 0. The maximum absolute atomic E-state index is 12.4. The van der Waals surface area contributed by atoms with Crippen LogP contribution >= 0.6 is 0 Å². The van der Waals surface area contributed by atoms with Gasteiger partial charge in [0.2, 0.25) is 0 Å². The average Bonchev–Trinajstić information content (AvgIpc) is 2.92. The van der Waals surface area contributed by atoms with E-state index in [1.54, 1.807) is 0 Å². The number of rotatable bonds is 2. The molecule has 1 aliphatic carbocycles. The maximum Gasteiger partial charge on any atom is 0.196 e. The topological polar surface area (TPSA) is 26.3 Å². The molecule has 1 aliphatic heterocycles. The SMILES string of the molecule is C[Si](C#Cc1ccc2c(c1)COc1cc3c(cc1-2)CCCC3=O)(c1ccccc1)c1ccccc1.